The third-order valence-electron chi connectivity index (χ3n) is 4.60. The minimum atomic E-state index is -0.489. The molecule has 0 aliphatic carbocycles. The van der Waals surface area contributed by atoms with Gasteiger partial charge in [-0.1, -0.05) is 0 Å². The van der Waals surface area contributed by atoms with Gasteiger partial charge in [-0.15, -0.1) is 0 Å². The van der Waals surface area contributed by atoms with E-state index in [1.165, 1.54) is 6.07 Å². The molecule has 1 amide bonds. The molecular weight excluding hydrogens is 314 g/mol. The zero-order valence-corrected chi connectivity index (χ0v) is 13.6. The molecule has 3 rings (SSSR count). The van der Waals surface area contributed by atoms with E-state index in [1.807, 2.05) is 6.92 Å². The first kappa shape index (κ1) is 16.5. The third kappa shape index (κ3) is 3.14. The van der Waals surface area contributed by atoms with E-state index >= 15 is 0 Å². The van der Waals surface area contributed by atoms with Crippen molar-refractivity contribution < 1.29 is 19.2 Å². The molecule has 0 saturated carbocycles. The van der Waals surface area contributed by atoms with Crippen molar-refractivity contribution in [3.63, 3.8) is 0 Å². The first-order valence-electron chi connectivity index (χ1n) is 8.06. The predicted molar refractivity (Wildman–Crippen MR) is 86.1 cm³/mol. The second kappa shape index (κ2) is 6.64. The molecule has 2 N–H and O–H groups in total. The Bertz CT molecular complexity index is 663. The number of hydrogen-bond acceptors (Lipinski definition) is 6. The van der Waals surface area contributed by atoms with Gasteiger partial charge in [-0.2, -0.15) is 0 Å². The van der Waals surface area contributed by atoms with Crippen molar-refractivity contribution >= 4 is 11.6 Å². The summed E-state index contributed by atoms with van der Waals surface area (Å²) in [5, 5.41) is 11.3. The highest BCUT2D eigenvalue weighted by Gasteiger charge is 2.33. The molecule has 1 fully saturated rings. The van der Waals surface area contributed by atoms with E-state index in [0.717, 1.165) is 6.42 Å². The lowest BCUT2D eigenvalue weighted by Crippen LogP contribution is -2.35. The Labute approximate surface area is 139 Å². The number of nitro benzene ring substituents is 1. The molecule has 0 spiro atoms. The molecule has 8 nitrogen and oxygen atoms in total. The average Bonchev–Trinajstić information content (AvgIpc) is 2.95. The maximum Gasteiger partial charge on any atom is 0.277 e. The number of fused-ring (bicyclic) bond motifs is 1. The third-order valence-corrected chi connectivity index (χ3v) is 4.60. The van der Waals surface area contributed by atoms with Crippen molar-refractivity contribution in [2.75, 3.05) is 26.3 Å². The number of likely N-dealkylation sites (tertiary alicyclic amines) is 1. The molecule has 2 aliphatic heterocycles. The van der Waals surface area contributed by atoms with Crippen LogP contribution in [0.15, 0.2) is 12.1 Å². The molecule has 1 aromatic carbocycles. The fraction of sp³-hybridized carbons (Fsp3) is 0.562. The maximum absolute atomic E-state index is 12.6. The van der Waals surface area contributed by atoms with Crippen LogP contribution in [-0.4, -0.2) is 48.1 Å². The minimum absolute atomic E-state index is 0.0332. The van der Waals surface area contributed by atoms with Crippen LogP contribution in [0.5, 0.6) is 11.5 Å². The smallest absolute Gasteiger partial charge is 0.277 e. The van der Waals surface area contributed by atoms with Gasteiger partial charge in [0.1, 0.15) is 13.2 Å². The summed E-state index contributed by atoms with van der Waals surface area (Å²) in [5.41, 5.74) is 5.92. The Hall–Kier alpha value is -2.35. The fourth-order valence-electron chi connectivity index (χ4n) is 3.36. The van der Waals surface area contributed by atoms with Crippen LogP contribution >= 0.6 is 0 Å². The topological polar surface area (TPSA) is 108 Å². The van der Waals surface area contributed by atoms with Gasteiger partial charge in [0.25, 0.3) is 5.69 Å². The van der Waals surface area contributed by atoms with E-state index in [2.05, 4.69) is 0 Å². The van der Waals surface area contributed by atoms with Crippen LogP contribution in [0, 0.1) is 16.0 Å². The summed E-state index contributed by atoms with van der Waals surface area (Å²) in [6, 6.07) is 2.99. The largest absolute Gasteiger partial charge is 0.486 e. The molecular formula is C16H21N3O5. The van der Waals surface area contributed by atoms with Gasteiger partial charge in [0.15, 0.2) is 11.5 Å². The van der Waals surface area contributed by atoms with E-state index in [9.17, 15) is 14.9 Å². The van der Waals surface area contributed by atoms with Gasteiger partial charge in [-0.05, 0) is 31.9 Å². The Kier molecular flexibility index (Phi) is 4.57. The van der Waals surface area contributed by atoms with Crippen LogP contribution in [0.4, 0.5) is 5.69 Å². The standard InChI is InChI=1S/C16H21N3O5/c1-10-4-11(8-17)9-18(10)16(20)6-12-5-14-15(24-3-2-23-14)7-13(12)19(21)22/h5,7,10-11H,2-4,6,8-9,17H2,1H3. The fourth-order valence-corrected chi connectivity index (χ4v) is 3.36. The molecule has 1 saturated heterocycles. The second-order valence-corrected chi connectivity index (χ2v) is 6.29. The Balaban J connectivity index is 1.83. The van der Waals surface area contributed by atoms with Gasteiger partial charge < -0.3 is 20.1 Å². The summed E-state index contributed by atoms with van der Waals surface area (Å²) in [6.45, 7) is 3.87. The van der Waals surface area contributed by atoms with Crippen molar-refractivity contribution in [1.82, 2.24) is 4.90 Å². The summed E-state index contributed by atoms with van der Waals surface area (Å²) >= 11 is 0. The molecule has 2 unspecified atom stereocenters. The van der Waals surface area contributed by atoms with Crippen molar-refractivity contribution in [3.8, 4) is 11.5 Å². The zero-order valence-electron chi connectivity index (χ0n) is 13.6. The van der Waals surface area contributed by atoms with Crippen molar-refractivity contribution in [2.45, 2.75) is 25.8 Å². The van der Waals surface area contributed by atoms with E-state index in [1.54, 1.807) is 11.0 Å². The molecule has 0 radical (unpaired) electrons. The van der Waals surface area contributed by atoms with Gasteiger partial charge in [0.2, 0.25) is 5.91 Å². The summed E-state index contributed by atoms with van der Waals surface area (Å²) in [4.78, 5) is 25.2. The highest BCUT2D eigenvalue weighted by Crippen LogP contribution is 2.37. The van der Waals surface area contributed by atoms with Gasteiger partial charge in [-0.3, -0.25) is 14.9 Å². The van der Waals surface area contributed by atoms with E-state index < -0.39 is 4.92 Å². The number of ether oxygens (including phenoxy) is 2. The number of nitrogens with two attached hydrogens (primary N) is 1. The molecule has 2 heterocycles. The monoisotopic (exact) mass is 335 g/mol. The summed E-state index contributed by atoms with van der Waals surface area (Å²) in [5.74, 6) is 0.961. The Morgan fingerprint density at radius 3 is 2.62 bits per heavy atom. The van der Waals surface area contributed by atoms with Crippen LogP contribution in [0.1, 0.15) is 18.9 Å². The van der Waals surface area contributed by atoms with E-state index in [-0.39, 0.29) is 24.1 Å². The summed E-state index contributed by atoms with van der Waals surface area (Å²) in [6.07, 6.45) is 0.833. The molecule has 0 aromatic heterocycles. The molecule has 2 atom stereocenters. The quantitative estimate of drug-likeness (QED) is 0.652. The SMILES string of the molecule is CC1CC(CN)CN1C(=O)Cc1cc2c(cc1[N+](=O)[O-])OCCO2. The number of carbonyl (C=O) groups excluding carboxylic acids is 1. The molecule has 0 bridgehead atoms. The summed E-state index contributed by atoms with van der Waals surface area (Å²) in [7, 11) is 0. The average molecular weight is 335 g/mol. The zero-order chi connectivity index (χ0) is 17.3. The molecule has 2 aliphatic rings. The molecule has 8 heteroatoms. The number of hydrogen-bond donors (Lipinski definition) is 1. The highest BCUT2D eigenvalue weighted by atomic mass is 16.6. The van der Waals surface area contributed by atoms with Crippen molar-refractivity contribution in [2.24, 2.45) is 11.7 Å². The number of benzene rings is 1. The van der Waals surface area contributed by atoms with Gasteiger partial charge in [0, 0.05) is 18.2 Å². The maximum atomic E-state index is 12.6. The molecule has 130 valence electrons. The minimum Gasteiger partial charge on any atom is -0.486 e. The highest BCUT2D eigenvalue weighted by molar-refractivity contribution is 5.81. The van der Waals surface area contributed by atoms with Crippen LogP contribution in [-0.2, 0) is 11.2 Å². The molecule has 24 heavy (non-hydrogen) atoms. The van der Waals surface area contributed by atoms with E-state index in [4.69, 9.17) is 15.2 Å². The van der Waals surface area contributed by atoms with Crippen molar-refractivity contribution in [3.05, 3.63) is 27.8 Å². The van der Waals surface area contributed by atoms with Crippen LogP contribution < -0.4 is 15.2 Å². The number of rotatable bonds is 4. The van der Waals surface area contributed by atoms with Crippen LogP contribution in [0.3, 0.4) is 0 Å². The van der Waals surface area contributed by atoms with Crippen LogP contribution in [0.2, 0.25) is 0 Å². The van der Waals surface area contributed by atoms with Gasteiger partial charge >= 0.3 is 0 Å². The first-order chi connectivity index (χ1) is 11.5. The Morgan fingerprint density at radius 2 is 2.04 bits per heavy atom. The normalized spacial score (nSPS) is 22.5. The lowest BCUT2D eigenvalue weighted by molar-refractivity contribution is -0.385. The summed E-state index contributed by atoms with van der Waals surface area (Å²) < 4.78 is 10.9. The van der Waals surface area contributed by atoms with E-state index in [0.29, 0.717) is 49.3 Å². The predicted octanol–water partition coefficient (Wildman–Crippen LogP) is 1.10. The van der Waals surface area contributed by atoms with Gasteiger partial charge in [-0.25, -0.2) is 0 Å². The first-order valence-corrected chi connectivity index (χ1v) is 8.06. The Morgan fingerprint density at radius 1 is 1.38 bits per heavy atom. The van der Waals surface area contributed by atoms with Gasteiger partial charge in [0.05, 0.1) is 17.4 Å². The lowest BCUT2D eigenvalue weighted by Gasteiger charge is -2.22. The second-order valence-electron chi connectivity index (χ2n) is 6.29. The number of carbonyl (C=O) groups is 1. The van der Waals surface area contributed by atoms with Crippen molar-refractivity contribution in [1.29, 1.82) is 0 Å². The number of amides is 1. The molecule has 1 aromatic rings. The van der Waals surface area contributed by atoms with Crippen LogP contribution in [0.25, 0.3) is 0 Å². The number of nitrogens with zero attached hydrogens (tertiary/aromatic N) is 2. The number of nitro groups is 1. The lowest BCUT2D eigenvalue weighted by atomic mass is 10.1.